The molecule has 1 atom stereocenters. The van der Waals surface area contributed by atoms with Gasteiger partial charge in [-0.05, 0) is 36.8 Å². The van der Waals surface area contributed by atoms with E-state index in [1.54, 1.807) is 25.1 Å². The lowest BCUT2D eigenvalue weighted by Gasteiger charge is -2.15. The third kappa shape index (κ3) is 5.03. The zero-order valence-corrected chi connectivity index (χ0v) is 15.6. The molecule has 0 aliphatic rings. The summed E-state index contributed by atoms with van der Waals surface area (Å²) in [6.07, 6.45) is 0. The number of esters is 1. The summed E-state index contributed by atoms with van der Waals surface area (Å²) in [6.45, 7) is 1.27. The molecule has 0 fully saturated rings. The monoisotopic (exact) mass is 397 g/mol. The molecule has 0 unspecified atom stereocenters. The molecule has 1 amide bonds. The SMILES string of the molecule is COc1ccc(C(=O)OCC(=O)N[C@@H](C)c2ccc(Cl)c(Cl)c2)c(O)c1. The zero-order valence-electron chi connectivity index (χ0n) is 14.1. The number of rotatable bonds is 6. The Morgan fingerprint density at radius 2 is 1.88 bits per heavy atom. The number of nitrogens with one attached hydrogen (secondary N) is 1. The van der Waals surface area contributed by atoms with Crippen LogP contribution in [0.25, 0.3) is 0 Å². The number of benzene rings is 2. The predicted molar refractivity (Wildman–Crippen MR) is 98.0 cm³/mol. The van der Waals surface area contributed by atoms with Gasteiger partial charge in [-0.2, -0.15) is 0 Å². The first-order valence-electron chi connectivity index (χ1n) is 7.60. The van der Waals surface area contributed by atoms with Crippen LogP contribution in [0, 0.1) is 0 Å². The number of amides is 1. The van der Waals surface area contributed by atoms with E-state index >= 15 is 0 Å². The van der Waals surface area contributed by atoms with Gasteiger partial charge in [0.15, 0.2) is 6.61 Å². The molecule has 8 heteroatoms. The second-order valence-corrected chi connectivity index (χ2v) is 6.24. The van der Waals surface area contributed by atoms with Crippen molar-refractivity contribution in [2.24, 2.45) is 0 Å². The Morgan fingerprint density at radius 1 is 1.15 bits per heavy atom. The minimum absolute atomic E-state index is 0.0591. The van der Waals surface area contributed by atoms with Gasteiger partial charge >= 0.3 is 5.97 Å². The van der Waals surface area contributed by atoms with Gasteiger partial charge in [0, 0.05) is 6.07 Å². The highest BCUT2D eigenvalue weighted by molar-refractivity contribution is 6.42. The van der Waals surface area contributed by atoms with E-state index < -0.39 is 18.5 Å². The van der Waals surface area contributed by atoms with Crippen molar-refractivity contribution in [3.05, 3.63) is 57.6 Å². The van der Waals surface area contributed by atoms with Crippen LogP contribution in [0.4, 0.5) is 0 Å². The van der Waals surface area contributed by atoms with Crippen LogP contribution in [0.2, 0.25) is 10.0 Å². The highest BCUT2D eigenvalue weighted by atomic mass is 35.5. The van der Waals surface area contributed by atoms with Crippen LogP contribution in [-0.2, 0) is 9.53 Å². The Morgan fingerprint density at radius 3 is 2.50 bits per heavy atom. The summed E-state index contributed by atoms with van der Waals surface area (Å²) in [5.41, 5.74) is 0.697. The van der Waals surface area contributed by atoms with Crippen molar-refractivity contribution in [1.29, 1.82) is 0 Å². The van der Waals surface area contributed by atoms with Crippen LogP contribution in [0.15, 0.2) is 36.4 Å². The lowest BCUT2D eigenvalue weighted by molar-refractivity contribution is -0.124. The minimum atomic E-state index is -0.817. The molecule has 2 N–H and O–H groups in total. The van der Waals surface area contributed by atoms with Gasteiger partial charge < -0.3 is 19.9 Å². The molecule has 0 bridgehead atoms. The predicted octanol–water partition coefficient (Wildman–Crippen LogP) is 3.74. The van der Waals surface area contributed by atoms with Crippen molar-refractivity contribution in [2.45, 2.75) is 13.0 Å². The highest BCUT2D eigenvalue weighted by Gasteiger charge is 2.16. The van der Waals surface area contributed by atoms with Gasteiger partial charge in [0.2, 0.25) is 0 Å². The number of methoxy groups -OCH3 is 1. The fraction of sp³-hybridized carbons (Fsp3) is 0.222. The molecular formula is C18H17Cl2NO5. The Labute approximate surface area is 160 Å². The minimum Gasteiger partial charge on any atom is -0.507 e. The van der Waals surface area contributed by atoms with Crippen LogP contribution < -0.4 is 10.1 Å². The van der Waals surface area contributed by atoms with E-state index in [4.69, 9.17) is 32.7 Å². The van der Waals surface area contributed by atoms with Crippen molar-refractivity contribution in [3.63, 3.8) is 0 Å². The van der Waals surface area contributed by atoms with E-state index in [-0.39, 0.29) is 17.4 Å². The fourth-order valence-electron chi connectivity index (χ4n) is 2.17. The van der Waals surface area contributed by atoms with Crippen molar-refractivity contribution in [3.8, 4) is 11.5 Å². The molecule has 0 saturated carbocycles. The number of hydrogen-bond acceptors (Lipinski definition) is 5. The van der Waals surface area contributed by atoms with Crippen molar-refractivity contribution in [1.82, 2.24) is 5.32 Å². The van der Waals surface area contributed by atoms with E-state index in [0.717, 1.165) is 5.56 Å². The van der Waals surface area contributed by atoms with Crippen molar-refractivity contribution < 1.29 is 24.2 Å². The third-order valence-electron chi connectivity index (χ3n) is 3.58. The second-order valence-electron chi connectivity index (χ2n) is 5.42. The molecule has 6 nitrogen and oxygen atoms in total. The summed E-state index contributed by atoms with van der Waals surface area (Å²) in [5.74, 6) is -1.21. The molecule has 0 aliphatic carbocycles. The number of halogens is 2. The maximum Gasteiger partial charge on any atom is 0.342 e. The van der Waals surface area contributed by atoms with Crippen LogP contribution in [0.1, 0.15) is 28.9 Å². The maximum atomic E-state index is 12.0. The van der Waals surface area contributed by atoms with Gasteiger partial charge in [0.1, 0.15) is 17.1 Å². The molecule has 0 spiro atoms. The highest BCUT2D eigenvalue weighted by Crippen LogP contribution is 2.26. The molecule has 2 aromatic rings. The van der Waals surface area contributed by atoms with Crippen LogP contribution >= 0.6 is 23.2 Å². The molecule has 0 saturated heterocycles. The summed E-state index contributed by atoms with van der Waals surface area (Å²) in [4.78, 5) is 23.9. The molecule has 0 heterocycles. The number of ether oxygens (including phenoxy) is 2. The van der Waals surface area contributed by atoms with E-state index in [2.05, 4.69) is 5.32 Å². The van der Waals surface area contributed by atoms with Crippen molar-refractivity contribution in [2.75, 3.05) is 13.7 Å². The molecule has 2 aromatic carbocycles. The topological polar surface area (TPSA) is 84.9 Å². The number of phenolic OH excluding ortho intramolecular Hbond substituents is 1. The number of phenols is 1. The van der Waals surface area contributed by atoms with Crippen LogP contribution in [0.3, 0.4) is 0 Å². The maximum absolute atomic E-state index is 12.0. The van der Waals surface area contributed by atoms with E-state index in [9.17, 15) is 14.7 Å². The zero-order chi connectivity index (χ0) is 19.3. The Kier molecular flexibility index (Phi) is 6.71. The average molecular weight is 398 g/mol. The van der Waals surface area contributed by atoms with Gasteiger partial charge in [-0.25, -0.2) is 4.79 Å². The van der Waals surface area contributed by atoms with E-state index in [1.165, 1.54) is 25.3 Å². The summed E-state index contributed by atoms with van der Waals surface area (Å²) < 4.78 is 9.86. The number of hydrogen-bond donors (Lipinski definition) is 2. The first-order valence-corrected chi connectivity index (χ1v) is 8.36. The molecule has 138 valence electrons. The normalized spacial score (nSPS) is 11.5. The van der Waals surface area contributed by atoms with Crippen LogP contribution in [0.5, 0.6) is 11.5 Å². The van der Waals surface area contributed by atoms with Gasteiger partial charge in [-0.1, -0.05) is 29.3 Å². The number of carbonyl (C=O) groups excluding carboxylic acids is 2. The first kappa shape index (κ1) is 19.9. The summed E-state index contributed by atoms with van der Waals surface area (Å²) >= 11 is 11.8. The molecule has 0 aromatic heterocycles. The summed E-state index contributed by atoms with van der Waals surface area (Å²) in [6, 6.07) is 8.80. The van der Waals surface area contributed by atoms with Gasteiger partial charge in [-0.15, -0.1) is 0 Å². The average Bonchev–Trinajstić information content (AvgIpc) is 2.61. The van der Waals surface area contributed by atoms with Gasteiger partial charge in [-0.3, -0.25) is 4.79 Å². The molecule has 0 radical (unpaired) electrons. The molecule has 26 heavy (non-hydrogen) atoms. The van der Waals surface area contributed by atoms with Gasteiger partial charge in [0.05, 0.1) is 23.2 Å². The lowest BCUT2D eigenvalue weighted by Crippen LogP contribution is -2.31. The lowest BCUT2D eigenvalue weighted by atomic mass is 10.1. The Balaban J connectivity index is 1.91. The standard InChI is InChI=1S/C18H17Cl2NO5/c1-10(11-3-6-14(19)15(20)7-11)21-17(23)9-26-18(24)13-5-4-12(25-2)8-16(13)22/h3-8,10,22H,9H2,1-2H3,(H,21,23)/t10-/m0/s1. The Bertz CT molecular complexity index is 825. The van der Waals surface area contributed by atoms with Crippen LogP contribution in [-0.4, -0.2) is 30.7 Å². The quantitative estimate of drug-likeness (QED) is 0.725. The Hall–Kier alpha value is -2.44. The molecule has 2 rings (SSSR count). The van der Waals surface area contributed by atoms with E-state index in [0.29, 0.717) is 15.8 Å². The molecule has 0 aliphatic heterocycles. The van der Waals surface area contributed by atoms with Crippen molar-refractivity contribution >= 4 is 35.1 Å². The molecular weight excluding hydrogens is 381 g/mol. The van der Waals surface area contributed by atoms with E-state index in [1.807, 2.05) is 0 Å². The largest absolute Gasteiger partial charge is 0.507 e. The fourth-order valence-corrected chi connectivity index (χ4v) is 2.47. The number of aromatic hydroxyl groups is 1. The second kappa shape index (κ2) is 8.78. The first-order chi connectivity index (χ1) is 12.3. The third-order valence-corrected chi connectivity index (χ3v) is 4.32. The summed E-state index contributed by atoms with van der Waals surface area (Å²) in [5, 5.41) is 13.3. The van der Waals surface area contributed by atoms with Gasteiger partial charge in [0.25, 0.3) is 5.91 Å². The smallest absolute Gasteiger partial charge is 0.342 e. The number of carbonyl (C=O) groups is 2. The summed E-state index contributed by atoms with van der Waals surface area (Å²) in [7, 11) is 1.44.